The lowest BCUT2D eigenvalue weighted by molar-refractivity contribution is -0.116. The number of halogens is 1. The SMILES string of the molecule is O=C(Cn1cc(S(=O)(=O)c2ccc(F)cc2)c2ccccc21)Nc1cccc2ccccc12. The number of amides is 1. The molecule has 0 aliphatic carbocycles. The maximum atomic E-state index is 13.3. The minimum atomic E-state index is -3.90. The summed E-state index contributed by atoms with van der Waals surface area (Å²) in [6.45, 7) is -0.0668. The van der Waals surface area contributed by atoms with Crippen LogP contribution in [0.4, 0.5) is 10.1 Å². The second-order valence-electron chi connectivity index (χ2n) is 7.67. The zero-order chi connectivity index (χ0) is 23.0. The molecule has 5 nitrogen and oxygen atoms in total. The van der Waals surface area contributed by atoms with E-state index >= 15 is 0 Å². The summed E-state index contributed by atoms with van der Waals surface area (Å²) in [6.07, 6.45) is 1.46. The summed E-state index contributed by atoms with van der Waals surface area (Å²) in [5.41, 5.74) is 1.31. The number of hydrogen-bond donors (Lipinski definition) is 1. The predicted octanol–water partition coefficient (Wildman–Crippen LogP) is 5.41. The lowest BCUT2D eigenvalue weighted by Crippen LogP contribution is -2.18. The van der Waals surface area contributed by atoms with E-state index in [4.69, 9.17) is 0 Å². The Hall–Kier alpha value is -3.97. The predicted molar refractivity (Wildman–Crippen MR) is 126 cm³/mol. The van der Waals surface area contributed by atoms with Crippen molar-refractivity contribution in [3.05, 3.63) is 103 Å². The molecule has 0 atom stereocenters. The molecule has 0 spiro atoms. The van der Waals surface area contributed by atoms with Crippen molar-refractivity contribution in [1.29, 1.82) is 0 Å². The van der Waals surface area contributed by atoms with Gasteiger partial charge in [-0.3, -0.25) is 4.79 Å². The Balaban J connectivity index is 1.50. The molecule has 4 aromatic carbocycles. The van der Waals surface area contributed by atoms with Crippen LogP contribution >= 0.6 is 0 Å². The van der Waals surface area contributed by atoms with Gasteiger partial charge in [0.25, 0.3) is 0 Å². The third kappa shape index (κ3) is 3.87. The first-order valence-electron chi connectivity index (χ1n) is 10.3. The van der Waals surface area contributed by atoms with Crippen molar-refractivity contribution in [3.8, 4) is 0 Å². The highest BCUT2D eigenvalue weighted by Crippen LogP contribution is 2.30. The Bertz CT molecular complexity index is 1600. The second-order valence-corrected chi connectivity index (χ2v) is 9.59. The molecule has 1 heterocycles. The molecule has 1 N–H and O–H groups in total. The van der Waals surface area contributed by atoms with Crippen LogP contribution < -0.4 is 5.32 Å². The fraction of sp³-hybridized carbons (Fsp3) is 0.0385. The molecule has 33 heavy (non-hydrogen) atoms. The number of anilines is 1. The third-order valence-electron chi connectivity index (χ3n) is 5.54. The largest absolute Gasteiger partial charge is 0.337 e. The van der Waals surface area contributed by atoms with Crippen LogP contribution in [0.3, 0.4) is 0 Å². The zero-order valence-electron chi connectivity index (χ0n) is 17.4. The van der Waals surface area contributed by atoms with Crippen molar-refractivity contribution in [3.63, 3.8) is 0 Å². The summed E-state index contributed by atoms with van der Waals surface area (Å²) < 4.78 is 41.4. The molecule has 164 valence electrons. The molecule has 5 rings (SSSR count). The van der Waals surface area contributed by atoms with Crippen LogP contribution in [0.25, 0.3) is 21.7 Å². The van der Waals surface area contributed by atoms with Gasteiger partial charge in [-0.1, -0.05) is 54.6 Å². The fourth-order valence-corrected chi connectivity index (χ4v) is 5.45. The van der Waals surface area contributed by atoms with E-state index in [2.05, 4.69) is 5.32 Å². The summed E-state index contributed by atoms with van der Waals surface area (Å²) in [4.78, 5) is 13.0. The molecule has 0 radical (unpaired) electrons. The highest BCUT2D eigenvalue weighted by atomic mass is 32.2. The van der Waals surface area contributed by atoms with Crippen LogP contribution in [0.1, 0.15) is 0 Å². The van der Waals surface area contributed by atoms with Gasteiger partial charge in [0.05, 0.1) is 9.79 Å². The van der Waals surface area contributed by atoms with E-state index in [1.807, 2.05) is 42.5 Å². The molecular formula is C26H19FN2O3S. The smallest absolute Gasteiger partial charge is 0.244 e. The minimum absolute atomic E-state index is 0.00740. The number of fused-ring (bicyclic) bond motifs is 2. The van der Waals surface area contributed by atoms with Crippen molar-refractivity contribution in [2.45, 2.75) is 16.3 Å². The summed E-state index contributed by atoms with van der Waals surface area (Å²) in [7, 11) is -3.90. The number of nitrogens with zero attached hydrogens (tertiary/aromatic N) is 1. The Morgan fingerprint density at radius 3 is 2.27 bits per heavy atom. The van der Waals surface area contributed by atoms with E-state index in [0.717, 1.165) is 22.9 Å². The van der Waals surface area contributed by atoms with Gasteiger partial charge in [0.1, 0.15) is 12.4 Å². The van der Waals surface area contributed by atoms with Gasteiger partial charge in [0, 0.05) is 28.2 Å². The number of sulfone groups is 1. The Labute approximate surface area is 190 Å². The van der Waals surface area contributed by atoms with Gasteiger partial charge in [-0.25, -0.2) is 12.8 Å². The Morgan fingerprint density at radius 1 is 0.818 bits per heavy atom. The number of rotatable bonds is 5. The standard InChI is InChI=1S/C26H19FN2O3S/c27-19-12-14-20(15-13-19)33(31,32)25-16-29(24-11-4-3-9-22(24)25)17-26(30)28-23-10-5-7-18-6-1-2-8-21(18)23/h1-16H,17H2,(H,28,30). The minimum Gasteiger partial charge on any atom is -0.337 e. The Morgan fingerprint density at radius 2 is 1.48 bits per heavy atom. The van der Waals surface area contributed by atoms with Crippen LogP contribution in [-0.4, -0.2) is 18.9 Å². The van der Waals surface area contributed by atoms with Gasteiger partial charge in [0.2, 0.25) is 15.7 Å². The third-order valence-corrected chi connectivity index (χ3v) is 7.34. The lowest BCUT2D eigenvalue weighted by Gasteiger charge is -2.10. The monoisotopic (exact) mass is 458 g/mol. The van der Waals surface area contributed by atoms with Gasteiger partial charge in [-0.2, -0.15) is 0 Å². The van der Waals surface area contributed by atoms with Crippen LogP contribution in [0, 0.1) is 5.82 Å². The highest BCUT2D eigenvalue weighted by Gasteiger charge is 2.24. The number of carbonyl (C=O) groups excluding carboxylic acids is 1. The molecule has 0 aliphatic rings. The van der Waals surface area contributed by atoms with Gasteiger partial charge in [0.15, 0.2) is 0 Å². The first-order chi connectivity index (χ1) is 15.9. The fourth-order valence-electron chi connectivity index (χ4n) is 3.98. The van der Waals surface area contributed by atoms with Crippen molar-refractivity contribution in [2.24, 2.45) is 0 Å². The molecule has 0 unspecified atom stereocenters. The summed E-state index contributed by atoms with van der Waals surface area (Å²) >= 11 is 0. The molecule has 0 bridgehead atoms. The number of para-hydroxylation sites is 1. The Kier molecular flexibility index (Phi) is 5.18. The normalized spacial score (nSPS) is 11.7. The second kappa shape index (κ2) is 8.18. The van der Waals surface area contributed by atoms with Crippen LogP contribution in [0.5, 0.6) is 0 Å². The number of hydrogen-bond acceptors (Lipinski definition) is 3. The molecular weight excluding hydrogens is 439 g/mol. The van der Waals surface area contributed by atoms with Gasteiger partial charge < -0.3 is 9.88 Å². The molecule has 0 fully saturated rings. The average molecular weight is 459 g/mol. The van der Waals surface area contributed by atoms with Crippen molar-refractivity contribution in [2.75, 3.05) is 5.32 Å². The molecule has 7 heteroatoms. The van der Waals surface area contributed by atoms with Crippen molar-refractivity contribution < 1.29 is 17.6 Å². The van der Waals surface area contributed by atoms with E-state index in [9.17, 15) is 17.6 Å². The molecule has 0 saturated heterocycles. The quantitative estimate of drug-likeness (QED) is 0.358. The van der Waals surface area contributed by atoms with Crippen LogP contribution in [0.2, 0.25) is 0 Å². The summed E-state index contributed by atoms with van der Waals surface area (Å²) in [5.74, 6) is -0.792. The molecule has 5 aromatic rings. The maximum absolute atomic E-state index is 13.3. The van der Waals surface area contributed by atoms with Gasteiger partial charge >= 0.3 is 0 Å². The number of aromatic nitrogens is 1. The van der Waals surface area contributed by atoms with Crippen LogP contribution in [0.15, 0.2) is 107 Å². The lowest BCUT2D eigenvalue weighted by atomic mass is 10.1. The van der Waals surface area contributed by atoms with E-state index in [1.54, 1.807) is 28.8 Å². The molecule has 1 aromatic heterocycles. The average Bonchev–Trinajstić information content (AvgIpc) is 3.19. The van der Waals surface area contributed by atoms with E-state index < -0.39 is 15.7 Å². The molecule has 1 amide bonds. The molecule has 0 aliphatic heterocycles. The zero-order valence-corrected chi connectivity index (χ0v) is 18.2. The number of carbonyl (C=O) groups is 1. The number of benzene rings is 4. The van der Waals surface area contributed by atoms with Crippen molar-refractivity contribution >= 4 is 43.1 Å². The van der Waals surface area contributed by atoms with Crippen LogP contribution in [-0.2, 0) is 21.2 Å². The number of nitrogens with one attached hydrogen (secondary N) is 1. The summed E-state index contributed by atoms with van der Waals surface area (Å²) in [6, 6.07) is 25.1. The van der Waals surface area contributed by atoms with Gasteiger partial charge in [-0.15, -0.1) is 0 Å². The van der Waals surface area contributed by atoms with E-state index in [0.29, 0.717) is 16.6 Å². The highest BCUT2D eigenvalue weighted by molar-refractivity contribution is 7.91. The first kappa shape index (κ1) is 20.9. The van der Waals surface area contributed by atoms with Crippen molar-refractivity contribution in [1.82, 2.24) is 4.57 Å². The van der Waals surface area contributed by atoms with E-state index in [-0.39, 0.29) is 22.2 Å². The topological polar surface area (TPSA) is 68.2 Å². The summed E-state index contributed by atoms with van der Waals surface area (Å²) in [5, 5.41) is 5.36. The van der Waals surface area contributed by atoms with Gasteiger partial charge in [-0.05, 0) is 41.8 Å². The molecule has 0 saturated carbocycles. The van der Waals surface area contributed by atoms with E-state index in [1.165, 1.54) is 18.3 Å². The first-order valence-corrected chi connectivity index (χ1v) is 11.8. The maximum Gasteiger partial charge on any atom is 0.244 e.